The van der Waals surface area contributed by atoms with Crippen molar-refractivity contribution in [2.24, 2.45) is 0 Å². The van der Waals surface area contributed by atoms with E-state index in [1.807, 2.05) is 30.3 Å². The first-order valence-electron chi connectivity index (χ1n) is 18.7. The zero-order chi connectivity index (χ0) is 37.0. The summed E-state index contributed by atoms with van der Waals surface area (Å²) in [5, 5.41) is 7.97. The molecule has 0 saturated heterocycles. The SMILES string of the molecule is c1ccc(-c2nc(-c3ccncc3)nc3ccc(-c4cccc(-c5ccc6ccc7ccc(-c8cc9ccccc9c9ccccc89)nc7c6n5)c4)cc23)cc1. The number of nitrogens with zero attached hydrogens (tertiary/aromatic N) is 5. The number of rotatable bonds is 5. The second-order valence-electron chi connectivity index (χ2n) is 14.1. The van der Waals surface area contributed by atoms with Crippen LogP contribution in [0.5, 0.6) is 0 Å². The van der Waals surface area contributed by atoms with E-state index in [0.717, 1.165) is 83.2 Å². The van der Waals surface area contributed by atoms with Gasteiger partial charge in [-0.1, -0.05) is 127 Å². The van der Waals surface area contributed by atoms with Crippen LogP contribution in [0.4, 0.5) is 0 Å². The molecule has 0 amide bonds. The Morgan fingerprint density at radius 2 is 0.964 bits per heavy atom. The number of hydrogen-bond donors (Lipinski definition) is 0. The van der Waals surface area contributed by atoms with Crippen molar-refractivity contribution >= 4 is 54.3 Å². The minimum Gasteiger partial charge on any atom is -0.265 e. The van der Waals surface area contributed by atoms with Gasteiger partial charge < -0.3 is 0 Å². The average Bonchev–Trinajstić information content (AvgIpc) is 3.28. The Hall–Kier alpha value is -7.63. The van der Waals surface area contributed by atoms with Gasteiger partial charge in [0.2, 0.25) is 0 Å². The smallest absolute Gasteiger partial charge is 0.160 e. The van der Waals surface area contributed by atoms with Crippen LogP contribution in [-0.4, -0.2) is 24.9 Å². The summed E-state index contributed by atoms with van der Waals surface area (Å²) in [6.45, 7) is 0. The highest BCUT2D eigenvalue weighted by Crippen LogP contribution is 2.37. The monoisotopic (exact) mass is 713 g/mol. The molecule has 11 aromatic rings. The van der Waals surface area contributed by atoms with E-state index in [2.05, 4.69) is 151 Å². The van der Waals surface area contributed by atoms with Crippen LogP contribution >= 0.6 is 0 Å². The van der Waals surface area contributed by atoms with Crippen LogP contribution in [0.3, 0.4) is 0 Å². The van der Waals surface area contributed by atoms with Gasteiger partial charge in [0.1, 0.15) is 0 Å². The first-order chi connectivity index (χ1) is 27.7. The molecule has 4 heterocycles. The number of pyridine rings is 3. The zero-order valence-corrected chi connectivity index (χ0v) is 30.1. The summed E-state index contributed by atoms with van der Waals surface area (Å²) in [7, 11) is 0. The van der Waals surface area contributed by atoms with Gasteiger partial charge in [-0.15, -0.1) is 0 Å². The third-order valence-electron chi connectivity index (χ3n) is 10.7. The van der Waals surface area contributed by atoms with Crippen LogP contribution in [0.2, 0.25) is 0 Å². The Morgan fingerprint density at radius 1 is 0.321 bits per heavy atom. The third-order valence-corrected chi connectivity index (χ3v) is 10.7. The molecule has 0 N–H and O–H groups in total. The fourth-order valence-electron chi connectivity index (χ4n) is 7.96. The molecule has 0 spiro atoms. The van der Waals surface area contributed by atoms with E-state index >= 15 is 0 Å². The molecule has 0 fully saturated rings. The largest absolute Gasteiger partial charge is 0.265 e. The van der Waals surface area contributed by atoms with E-state index < -0.39 is 0 Å². The summed E-state index contributed by atoms with van der Waals surface area (Å²) >= 11 is 0. The Labute approximate surface area is 322 Å². The van der Waals surface area contributed by atoms with Crippen molar-refractivity contribution in [3.8, 4) is 56.3 Å². The predicted octanol–water partition coefficient (Wildman–Crippen LogP) is 12.8. The standard InChI is InChI=1S/C51H31N5/c1-2-9-32(10-3-1)48-44-30-37(21-24-47(44)55-51(56-48)35-25-27-52-28-26-35)36-12-8-13-39(29-36)45-22-19-33-17-18-34-20-23-46(54-50(34)49(33)53-45)43-31-38-11-4-5-14-40(38)41-15-6-7-16-42(41)43/h1-31H. The molecule has 0 aliphatic carbocycles. The fraction of sp³-hybridized carbons (Fsp3) is 0. The highest BCUT2D eigenvalue weighted by molar-refractivity contribution is 6.14. The van der Waals surface area contributed by atoms with Gasteiger partial charge in [0.15, 0.2) is 5.82 Å². The van der Waals surface area contributed by atoms with E-state index in [1.54, 1.807) is 12.4 Å². The molecule has 0 atom stereocenters. The van der Waals surface area contributed by atoms with Gasteiger partial charge in [0.25, 0.3) is 0 Å². The Kier molecular flexibility index (Phi) is 7.42. The van der Waals surface area contributed by atoms with E-state index in [1.165, 1.54) is 21.5 Å². The second kappa shape index (κ2) is 13.0. The van der Waals surface area contributed by atoms with Crippen LogP contribution in [0.15, 0.2) is 188 Å². The summed E-state index contributed by atoms with van der Waals surface area (Å²) < 4.78 is 0. The first-order valence-corrected chi connectivity index (χ1v) is 18.7. The molecule has 56 heavy (non-hydrogen) atoms. The topological polar surface area (TPSA) is 64.5 Å². The summed E-state index contributed by atoms with van der Waals surface area (Å²) in [4.78, 5) is 24.9. The highest BCUT2D eigenvalue weighted by Gasteiger charge is 2.15. The minimum atomic E-state index is 0.677. The second-order valence-corrected chi connectivity index (χ2v) is 14.1. The number of fused-ring (bicyclic) bond motifs is 7. The lowest BCUT2D eigenvalue weighted by Crippen LogP contribution is -1.96. The molecule has 5 heteroatoms. The zero-order valence-electron chi connectivity index (χ0n) is 30.1. The highest BCUT2D eigenvalue weighted by atomic mass is 14.9. The maximum atomic E-state index is 5.34. The van der Waals surface area contributed by atoms with Crippen molar-refractivity contribution in [1.82, 2.24) is 24.9 Å². The van der Waals surface area contributed by atoms with E-state index in [9.17, 15) is 0 Å². The lowest BCUT2D eigenvalue weighted by Gasteiger charge is -2.13. The molecule has 0 unspecified atom stereocenters. The molecule has 260 valence electrons. The average molecular weight is 714 g/mol. The van der Waals surface area contributed by atoms with Crippen LogP contribution in [0, 0.1) is 0 Å². The molecule has 0 aliphatic heterocycles. The molecule has 5 nitrogen and oxygen atoms in total. The Bertz CT molecular complexity index is 3310. The van der Waals surface area contributed by atoms with Crippen molar-refractivity contribution in [3.05, 3.63) is 188 Å². The molecule has 0 radical (unpaired) electrons. The van der Waals surface area contributed by atoms with Crippen LogP contribution < -0.4 is 0 Å². The fourth-order valence-corrected chi connectivity index (χ4v) is 7.96. The molecule has 7 aromatic carbocycles. The van der Waals surface area contributed by atoms with Gasteiger partial charge in [-0.3, -0.25) is 4.98 Å². The van der Waals surface area contributed by atoms with Crippen molar-refractivity contribution in [2.45, 2.75) is 0 Å². The summed E-state index contributed by atoms with van der Waals surface area (Å²) in [5.74, 6) is 0.677. The lowest BCUT2D eigenvalue weighted by atomic mass is 9.95. The number of aromatic nitrogens is 5. The normalized spacial score (nSPS) is 11.6. The van der Waals surface area contributed by atoms with Crippen molar-refractivity contribution in [3.63, 3.8) is 0 Å². The first kappa shape index (κ1) is 31.9. The van der Waals surface area contributed by atoms with E-state index in [0.29, 0.717) is 5.82 Å². The maximum Gasteiger partial charge on any atom is 0.160 e. The van der Waals surface area contributed by atoms with Crippen molar-refractivity contribution in [1.29, 1.82) is 0 Å². The van der Waals surface area contributed by atoms with Crippen LogP contribution in [-0.2, 0) is 0 Å². The molecule has 0 bridgehead atoms. The van der Waals surface area contributed by atoms with Crippen molar-refractivity contribution in [2.75, 3.05) is 0 Å². The van der Waals surface area contributed by atoms with Gasteiger partial charge in [0, 0.05) is 50.8 Å². The Balaban J connectivity index is 1.02. The summed E-state index contributed by atoms with van der Waals surface area (Å²) in [5.41, 5.74) is 11.7. The molecular weight excluding hydrogens is 683 g/mol. The van der Waals surface area contributed by atoms with Gasteiger partial charge in [-0.05, 0) is 81.2 Å². The molecule has 4 aromatic heterocycles. The van der Waals surface area contributed by atoms with Crippen LogP contribution in [0.25, 0.3) is 111 Å². The van der Waals surface area contributed by atoms with E-state index in [4.69, 9.17) is 19.9 Å². The van der Waals surface area contributed by atoms with Gasteiger partial charge in [0.05, 0.1) is 33.6 Å². The minimum absolute atomic E-state index is 0.677. The van der Waals surface area contributed by atoms with E-state index in [-0.39, 0.29) is 0 Å². The molecule has 0 saturated carbocycles. The van der Waals surface area contributed by atoms with Crippen LogP contribution in [0.1, 0.15) is 0 Å². The van der Waals surface area contributed by atoms with Gasteiger partial charge in [-0.2, -0.15) is 0 Å². The maximum absolute atomic E-state index is 5.34. The summed E-state index contributed by atoms with van der Waals surface area (Å²) in [6.07, 6.45) is 3.55. The Morgan fingerprint density at radius 3 is 1.79 bits per heavy atom. The quantitative estimate of drug-likeness (QED) is 0.166. The summed E-state index contributed by atoms with van der Waals surface area (Å²) in [6, 6.07) is 61.5. The van der Waals surface area contributed by atoms with Crippen molar-refractivity contribution < 1.29 is 0 Å². The number of hydrogen-bond acceptors (Lipinski definition) is 5. The molecule has 0 aliphatic rings. The predicted molar refractivity (Wildman–Crippen MR) is 230 cm³/mol. The van der Waals surface area contributed by atoms with Gasteiger partial charge >= 0.3 is 0 Å². The molecular formula is C51H31N5. The van der Waals surface area contributed by atoms with Gasteiger partial charge in [-0.25, -0.2) is 19.9 Å². The lowest BCUT2D eigenvalue weighted by molar-refractivity contribution is 1.22. The molecule has 11 rings (SSSR count). The third kappa shape index (κ3) is 5.45. The number of benzene rings is 7.